The number of benzodiazepines with no additional fused rings is 1. The smallest absolute Gasteiger partial charge is 0.287 e. The molecule has 140 valence electrons. The van der Waals surface area contributed by atoms with Crippen LogP contribution < -0.4 is 10.2 Å². The maximum absolute atomic E-state index is 12.2. The molecule has 0 aliphatic carbocycles. The summed E-state index contributed by atoms with van der Waals surface area (Å²) in [6, 6.07) is 15.2. The van der Waals surface area contributed by atoms with Crippen LogP contribution in [0.4, 0.5) is 5.69 Å². The first kappa shape index (κ1) is 18.8. The Morgan fingerprint density at radius 2 is 1.93 bits per heavy atom. The Kier molecular flexibility index (Phi) is 5.66. The molecule has 0 bridgehead atoms. The average Bonchev–Trinajstić information content (AvgIpc) is 3.36. The molecular weight excluding hydrogens is 366 g/mol. The summed E-state index contributed by atoms with van der Waals surface area (Å²) in [6.07, 6.45) is 3.14. The summed E-state index contributed by atoms with van der Waals surface area (Å²) < 4.78 is 10.7. The number of anilines is 1. The van der Waals surface area contributed by atoms with Crippen molar-refractivity contribution in [3.05, 3.63) is 78.1 Å². The molecule has 1 aliphatic heterocycles. The highest BCUT2D eigenvalue weighted by molar-refractivity contribution is 6.14. The van der Waals surface area contributed by atoms with Crippen molar-refractivity contribution in [2.75, 3.05) is 25.0 Å². The molecule has 0 spiro atoms. The van der Waals surface area contributed by atoms with Crippen molar-refractivity contribution in [2.24, 2.45) is 4.99 Å². The van der Waals surface area contributed by atoms with Crippen LogP contribution in [0.25, 0.3) is 0 Å². The normalized spacial score (nSPS) is 16.0. The lowest BCUT2D eigenvalue weighted by atomic mass is 10.1. The number of para-hydroxylation sites is 1. The van der Waals surface area contributed by atoms with E-state index in [4.69, 9.17) is 13.8 Å². The fourth-order valence-electron chi connectivity index (χ4n) is 3.11. The van der Waals surface area contributed by atoms with Crippen LogP contribution in [0.1, 0.15) is 21.9 Å². The van der Waals surface area contributed by atoms with E-state index in [9.17, 15) is 4.79 Å². The third kappa shape index (κ3) is 3.75. The van der Waals surface area contributed by atoms with Crippen LogP contribution in [0.15, 0.2) is 74.9 Å². The van der Waals surface area contributed by atoms with Crippen LogP contribution in [-0.2, 0) is 0 Å². The molecule has 1 aromatic carbocycles. The van der Waals surface area contributed by atoms with E-state index in [0.29, 0.717) is 18.8 Å². The minimum Gasteiger partial charge on any atom is -0.463 e. The molecule has 3 heterocycles. The van der Waals surface area contributed by atoms with Crippen molar-refractivity contribution in [3.63, 3.8) is 0 Å². The monoisotopic (exact) mass is 385 g/mol. The Morgan fingerprint density at radius 3 is 2.67 bits per heavy atom. The number of nitrogens with one attached hydrogen (secondary N) is 1. The van der Waals surface area contributed by atoms with E-state index >= 15 is 0 Å². The number of aliphatic imine (C=N–C) groups is 1. The molecule has 0 saturated carbocycles. The van der Waals surface area contributed by atoms with Gasteiger partial charge in [-0.25, -0.2) is 0 Å². The average molecular weight is 386 g/mol. The zero-order chi connectivity index (χ0) is 17.9. The number of hydrogen-bond acceptors (Lipinski definition) is 5. The second kappa shape index (κ2) is 8.14. The summed E-state index contributed by atoms with van der Waals surface area (Å²) in [4.78, 5) is 19.1. The second-order valence-electron chi connectivity index (χ2n) is 6.14. The first-order chi connectivity index (χ1) is 12.7. The number of benzene rings is 1. The number of likely N-dealkylation sites (N-methyl/N-ethyl adjacent to an activating group) is 1. The van der Waals surface area contributed by atoms with Crippen LogP contribution in [-0.4, -0.2) is 37.8 Å². The Balaban J connectivity index is 0.00000210. The van der Waals surface area contributed by atoms with Gasteiger partial charge in [0.25, 0.3) is 5.91 Å². The van der Waals surface area contributed by atoms with Crippen LogP contribution in [0.5, 0.6) is 0 Å². The van der Waals surface area contributed by atoms with E-state index in [2.05, 4.69) is 16.3 Å². The molecule has 1 aliphatic rings. The number of rotatable bonds is 4. The number of fused-ring (bicyclic) bond motifs is 1. The Bertz CT molecular complexity index is 920. The Morgan fingerprint density at radius 1 is 1.15 bits per heavy atom. The topological polar surface area (TPSA) is 71.0 Å². The fraction of sp³-hybridized carbons (Fsp3) is 0.200. The van der Waals surface area contributed by atoms with Gasteiger partial charge >= 0.3 is 0 Å². The van der Waals surface area contributed by atoms with Gasteiger partial charge in [0.15, 0.2) is 11.5 Å². The Labute approximate surface area is 163 Å². The lowest BCUT2D eigenvalue weighted by Crippen LogP contribution is -2.43. The van der Waals surface area contributed by atoms with Crippen molar-refractivity contribution >= 4 is 29.7 Å². The molecule has 7 heteroatoms. The molecule has 27 heavy (non-hydrogen) atoms. The predicted octanol–water partition coefficient (Wildman–Crippen LogP) is 3.38. The summed E-state index contributed by atoms with van der Waals surface area (Å²) in [5, 5.41) is 2.93. The Hall–Kier alpha value is -2.99. The minimum atomic E-state index is -0.226. The SMILES string of the molecule is CN1c2ccccc2C(c2ccco2)=NCC1CNC(=O)c1ccco1.Cl. The van der Waals surface area contributed by atoms with Gasteiger partial charge in [0.1, 0.15) is 5.71 Å². The van der Waals surface area contributed by atoms with Crippen molar-refractivity contribution in [1.82, 2.24) is 5.32 Å². The summed E-state index contributed by atoms with van der Waals surface area (Å²) in [6.45, 7) is 0.999. The third-order valence-electron chi connectivity index (χ3n) is 4.54. The molecule has 1 unspecified atom stereocenters. The van der Waals surface area contributed by atoms with Gasteiger partial charge in [0.05, 0.1) is 25.1 Å². The van der Waals surface area contributed by atoms with Gasteiger partial charge in [-0.05, 0) is 30.3 Å². The highest BCUT2D eigenvalue weighted by Crippen LogP contribution is 2.27. The van der Waals surface area contributed by atoms with Crippen molar-refractivity contribution < 1.29 is 13.6 Å². The first-order valence-electron chi connectivity index (χ1n) is 8.46. The van der Waals surface area contributed by atoms with E-state index in [-0.39, 0.29) is 24.4 Å². The van der Waals surface area contributed by atoms with Gasteiger partial charge < -0.3 is 19.1 Å². The third-order valence-corrected chi connectivity index (χ3v) is 4.54. The van der Waals surface area contributed by atoms with E-state index < -0.39 is 0 Å². The molecule has 4 rings (SSSR count). The number of amides is 1. The lowest BCUT2D eigenvalue weighted by Gasteiger charge is -2.28. The van der Waals surface area contributed by atoms with E-state index in [1.54, 1.807) is 18.4 Å². The highest BCUT2D eigenvalue weighted by Gasteiger charge is 2.25. The van der Waals surface area contributed by atoms with E-state index in [1.807, 2.05) is 37.4 Å². The van der Waals surface area contributed by atoms with Crippen molar-refractivity contribution in [1.29, 1.82) is 0 Å². The molecule has 1 amide bonds. The quantitative estimate of drug-likeness (QED) is 0.747. The first-order valence-corrected chi connectivity index (χ1v) is 8.46. The lowest BCUT2D eigenvalue weighted by molar-refractivity contribution is 0.0923. The van der Waals surface area contributed by atoms with Crippen LogP contribution in [0, 0.1) is 0 Å². The fourth-order valence-corrected chi connectivity index (χ4v) is 3.11. The van der Waals surface area contributed by atoms with Crippen LogP contribution in [0.3, 0.4) is 0 Å². The van der Waals surface area contributed by atoms with Crippen LogP contribution in [0.2, 0.25) is 0 Å². The molecule has 0 saturated heterocycles. The van der Waals surface area contributed by atoms with E-state index in [1.165, 1.54) is 6.26 Å². The molecule has 0 radical (unpaired) electrons. The van der Waals surface area contributed by atoms with Gasteiger partial charge in [0, 0.05) is 24.8 Å². The summed E-state index contributed by atoms with van der Waals surface area (Å²) >= 11 is 0. The zero-order valence-electron chi connectivity index (χ0n) is 14.8. The summed E-state index contributed by atoms with van der Waals surface area (Å²) in [7, 11) is 2.02. The number of carbonyl (C=O) groups is 1. The number of furan rings is 2. The van der Waals surface area contributed by atoms with E-state index in [0.717, 1.165) is 22.7 Å². The predicted molar refractivity (Wildman–Crippen MR) is 106 cm³/mol. The summed E-state index contributed by atoms with van der Waals surface area (Å²) in [5.74, 6) is 0.823. The number of hydrogen-bond donors (Lipinski definition) is 1. The highest BCUT2D eigenvalue weighted by atomic mass is 35.5. The molecule has 6 nitrogen and oxygen atoms in total. The van der Waals surface area contributed by atoms with Gasteiger partial charge in [-0.2, -0.15) is 0 Å². The van der Waals surface area contributed by atoms with Crippen molar-refractivity contribution in [3.8, 4) is 0 Å². The standard InChI is InChI=1S/C20H19N3O3.ClH/c1-23-14(13-22-20(24)18-9-5-11-26-18)12-21-19(17-8-4-10-25-17)15-6-2-3-7-16(15)23;/h2-11,14H,12-13H2,1H3,(H,22,24);1H. The molecule has 1 N–H and O–H groups in total. The molecule has 1 atom stereocenters. The van der Waals surface area contributed by atoms with Gasteiger partial charge in [-0.1, -0.05) is 18.2 Å². The number of nitrogens with zero attached hydrogens (tertiary/aromatic N) is 2. The van der Waals surface area contributed by atoms with Gasteiger partial charge in [0.2, 0.25) is 0 Å². The summed E-state index contributed by atoms with van der Waals surface area (Å²) in [5.41, 5.74) is 2.90. The zero-order valence-corrected chi connectivity index (χ0v) is 15.6. The largest absolute Gasteiger partial charge is 0.463 e. The van der Waals surface area contributed by atoms with Crippen LogP contribution >= 0.6 is 12.4 Å². The molecule has 0 fully saturated rings. The van der Waals surface area contributed by atoms with Gasteiger partial charge in [-0.15, -0.1) is 12.4 Å². The molecular formula is C20H20ClN3O3. The maximum Gasteiger partial charge on any atom is 0.287 e. The molecule has 3 aromatic rings. The molecule has 2 aromatic heterocycles. The number of halogens is 1. The number of carbonyl (C=O) groups excluding carboxylic acids is 1. The maximum atomic E-state index is 12.2. The van der Waals surface area contributed by atoms with Gasteiger partial charge in [-0.3, -0.25) is 9.79 Å². The van der Waals surface area contributed by atoms with Crippen molar-refractivity contribution in [2.45, 2.75) is 6.04 Å². The second-order valence-corrected chi connectivity index (χ2v) is 6.14. The minimum absolute atomic E-state index is 0.